The van der Waals surface area contributed by atoms with Gasteiger partial charge < -0.3 is 0 Å². The molecular formula is C30H50. The van der Waals surface area contributed by atoms with Crippen LogP contribution in [0.15, 0.2) is 69.9 Å². The molecule has 0 N–H and O–H groups in total. The molecule has 0 spiro atoms. The van der Waals surface area contributed by atoms with Gasteiger partial charge in [-0.05, 0) is 120 Å². The third-order valence-electron chi connectivity index (χ3n) is 5.40. The molecule has 0 saturated heterocycles. The van der Waals surface area contributed by atoms with Gasteiger partial charge in [-0.25, -0.2) is 0 Å². The molecule has 0 aliphatic carbocycles. The first-order chi connectivity index (χ1) is 14.2. The SMILES string of the molecule is CC(C)=CCCC(C)=CCCC(C)=CCCC=C(C)CCC=C(C)CCC=C(C)C. The van der Waals surface area contributed by atoms with Crippen molar-refractivity contribution in [2.75, 3.05) is 0 Å². The summed E-state index contributed by atoms with van der Waals surface area (Å²) < 4.78 is 0. The van der Waals surface area contributed by atoms with Crippen LogP contribution in [0, 0.1) is 0 Å². The highest BCUT2D eigenvalue weighted by molar-refractivity contribution is 5.08. The minimum Gasteiger partial charge on any atom is -0.0856 e. The predicted molar refractivity (Wildman–Crippen MR) is 140 cm³/mol. The van der Waals surface area contributed by atoms with E-state index in [2.05, 4.69) is 91.8 Å². The summed E-state index contributed by atoms with van der Waals surface area (Å²) in [6.07, 6.45) is 26.2. The number of hydrogen-bond donors (Lipinski definition) is 0. The van der Waals surface area contributed by atoms with Crippen LogP contribution in [0.3, 0.4) is 0 Å². The third-order valence-corrected chi connectivity index (χ3v) is 5.40. The first kappa shape index (κ1) is 28.4. The highest BCUT2D eigenvalue weighted by atomic mass is 14.0. The molecular weight excluding hydrogens is 360 g/mol. The molecule has 0 aromatic carbocycles. The van der Waals surface area contributed by atoms with Crippen LogP contribution in [0.4, 0.5) is 0 Å². The average Bonchev–Trinajstić information content (AvgIpc) is 2.64. The maximum atomic E-state index is 2.43. The molecule has 0 heterocycles. The third kappa shape index (κ3) is 19.7. The van der Waals surface area contributed by atoms with Gasteiger partial charge in [0.1, 0.15) is 0 Å². The lowest BCUT2D eigenvalue weighted by Crippen LogP contribution is -1.82. The van der Waals surface area contributed by atoms with Crippen molar-refractivity contribution in [3.8, 4) is 0 Å². The van der Waals surface area contributed by atoms with E-state index in [0.717, 1.165) is 0 Å². The quantitative estimate of drug-likeness (QED) is 0.186. The lowest BCUT2D eigenvalue weighted by molar-refractivity contribution is 0.896. The topological polar surface area (TPSA) is 0 Å². The Bertz CT molecular complexity index is 578. The first-order valence-electron chi connectivity index (χ1n) is 12.1. The standard InChI is InChI=1S/C30H50/c1-25(2)15-11-19-29(7)23-13-21-27(5)17-9-10-18-28(6)22-14-24-30(8)20-12-16-26(3)4/h15-18,23-24H,9-14,19-22H2,1-8H3. The van der Waals surface area contributed by atoms with Gasteiger partial charge in [-0.1, -0.05) is 69.9 Å². The smallest absolute Gasteiger partial charge is 0.0288 e. The fraction of sp³-hybridized carbons (Fsp3) is 0.600. The summed E-state index contributed by atoms with van der Waals surface area (Å²) >= 11 is 0. The second-order valence-corrected chi connectivity index (χ2v) is 9.50. The maximum Gasteiger partial charge on any atom is -0.0288 e. The number of allylic oxidation sites excluding steroid dienone is 12. The van der Waals surface area contributed by atoms with Gasteiger partial charge in [-0.3, -0.25) is 0 Å². The second-order valence-electron chi connectivity index (χ2n) is 9.50. The minimum atomic E-state index is 1.17. The molecule has 170 valence electrons. The minimum absolute atomic E-state index is 1.17. The zero-order valence-electron chi connectivity index (χ0n) is 21.5. The van der Waals surface area contributed by atoms with Gasteiger partial charge >= 0.3 is 0 Å². The fourth-order valence-electron chi connectivity index (χ4n) is 3.34. The summed E-state index contributed by atoms with van der Waals surface area (Å²) in [5, 5.41) is 0. The molecule has 0 atom stereocenters. The molecule has 0 unspecified atom stereocenters. The van der Waals surface area contributed by atoms with Crippen molar-refractivity contribution in [1.29, 1.82) is 0 Å². The highest BCUT2D eigenvalue weighted by Crippen LogP contribution is 2.14. The molecule has 0 aliphatic heterocycles. The summed E-state index contributed by atoms with van der Waals surface area (Å²) in [4.78, 5) is 0. The van der Waals surface area contributed by atoms with Gasteiger partial charge in [-0.2, -0.15) is 0 Å². The summed E-state index contributed by atoms with van der Waals surface area (Å²) in [6, 6.07) is 0. The van der Waals surface area contributed by atoms with E-state index in [9.17, 15) is 0 Å². The zero-order valence-corrected chi connectivity index (χ0v) is 21.5. The molecule has 0 fully saturated rings. The Kier molecular flexibility index (Phi) is 17.3. The van der Waals surface area contributed by atoms with Gasteiger partial charge in [0, 0.05) is 0 Å². The van der Waals surface area contributed by atoms with Gasteiger partial charge in [0.2, 0.25) is 0 Å². The van der Waals surface area contributed by atoms with Crippen LogP contribution in [-0.2, 0) is 0 Å². The molecule has 0 amide bonds. The van der Waals surface area contributed by atoms with Crippen LogP contribution in [0.1, 0.15) is 120 Å². The normalized spacial score (nSPS) is 13.5. The predicted octanol–water partition coefficient (Wildman–Crippen LogP) is 10.6. The molecule has 0 bridgehead atoms. The average molecular weight is 411 g/mol. The molecule has 0 radical (unpaired) electrons. The van der Waals surface area contributed by atoms with Crippen LogP contribution >= 0.6 is 0 Å². The summed E-state index contributed by atoms with van der Waals surface area (Å²) in [6.45, 7) is 17.8. The maximum absolute atomic E-state index is 2.43. The van der Waals surface area contributed by atoms with E-state index in [4.69, 9.17) is 0 Å². The summed E-state index contributed by atoms with van der Waals surface area (Å²) in [5.74, 6) is 0. The van der Waals surface area contributed by atoms with Crippen molar-refractivity contribution in [3.05, 3.63) is 69.9 Å². The van der Waals surface area contributed by atoms with Crippen molar-refractivity contribution >= 4 is 0 Å². The lowest BCUT2D eigenvalue weighted by atomic mass is 10.0. The van der Waals surface area contributed by atoms with Crippen LogP contribution in [0.5, 0.6) is 0 Å². The van der Waals surface area contributed by atoms with Gasteiger partial charge in [-0.15, -0.1) is 0 Å². The number of hydrogen-bond acceptors (Lipinski definition) is 0. The molecule has 30 heavy (non-hydrogen) atoms. The van der Waals surface area contributed by atoms with E-state index < -0.39 is 0 Å². The largest absolute Gasteiger partial charge is 0.0856 e. The summed E-state index contributed by atoms with van der Waals surface area (Å²) in [5.41, 5.74) is 8.97. The fourth-order valence-corrected chi connectivity index (χ4v) is 3.34. The van der Waals surface area contributed by atoms with Crippen molar-refractivity contribution < 1.29 is 0 Å². The Morgan fingerprint density at radius 1 is 0.333 bits per heavy atom. The second kappa shape index (κ2) is 18.2. The lowest BCUT2D eigenvalue weighted by Gasteiger charge is -2.02. The van der Waals surface area contributed by atoms with E-state index in [1.807, 2.05) is 0 Å². The zero-order chi connectivity index (χ0) is 22.8. The van der Waals surface area contributed by atoms with Crippen LogP contribution in [0.25, 0.3) is 0 Å². The summed E-state index contributed by atoms with van der Waals surface area (Å²) in [7, 11) is 0. The van der Waals surface area contributed by atoms with Gasteiger partial charge in [0.05, 0.1) is 0 Å². The Labute approximate surface area is 189 Å². The molecule has 0 aromatic heterocycles. The molecule has 0 rings (SSSR count). The van der Waals surface area contributed by atoms with Crippen LogP contribution in [0.2, 0.25) is 0 Å². The van der Waals surface area contributed by atoms with E-state index in [-0.39, 0.29) is 0 Å². The van der Waals surface area contributed by atoms with Crippen molar-refractivity contribution in [3.63, 3.8) is 0 Å². The Morgan fingerprint density at radius 2 is 0.567 bits per heavy atom. The monoisotopic (exact) mass is 410 g/mol. The van der Waals surface area contributed by atoms with E-state index >= 15 is 0 Å². The Morgan fingerprint density at radius 3 is 0.833 bits per heavy atom. The highest BCUT2D eigenvalue weighted by Gasteiger charge is 1.94. The van der Waals surface area contributed by atoms with Crippen LogP contribution < -0.4 is 0 Å². The van der Waals surface area contributed by atoms with Gasteiger partial charge in [0.15, 0.2) is 0 Å². The Balaban J connectivity index is 4.05. The van der Waals surface area contributed by atoms with E-state index in [1.165, 1.54) is 97.6 Å². The van der Waals surface area contributed by atoms with E-state index in [1.54, 1.807) is 0 Å². The van der Waals surface area contributed by atoms with Crippen molar-refractivity contribution in [2.24, 2.45) is 0 Å². The number of rotatable bonds is 15. The van der Waals surface area contributed by atoms with Crippen molar-refractivity contribution in [1.82, 2.24) is 0 Å². The van der Waals surface area contributed by atoms with Gasteiger partial charge in [0.25, 0.3) is 0 Å². The van der Waals surface area contributed by atoms with Crippen molar-refractivity contribution in [2.45, 2.75) is 120 Å². The number of unbranched alkanes of at least 4 members (excludes halogenated alkanes) is 1. The molecule has 0 saturated carbocycles. The Hall–Kier alpha value is -1.56. The molecule has 0 nitrogen and oxygen atoms in total. The molecule has 0 aromatic rings. The first-order valence-corrected chi connectivity index (χ1v) is 12.1. The van der Waals surface area contributed by atoms with E-state index in [0.29, 0.717) is 0 Å². The molecule has 0 heteroatoms. The van der Waals surface area contributed by atoms with Crippen LogP contribution in [-0.4, -0.2) is 0 Å². The molecule has 0 aliphatic rings.